The van der Waals surface area contributed by atoms with Crippen LogP contribution in [0.4, 0.5) is 0 Å². The van der Waals surface area contributed by atoms with Gasteiger partial charge in [0.1, 0.15) is 0 Å². The summed E-state index contributed by atoms with van der Waals surface area (Å²) in [5.74, 6) is 0.0305. The third kappa shape index (κ3) is 2.42. The van der Waals surface area contributed by atoms with E-state index in [1.807, 2.05) is 18.2 Å². The molecule has 2 aliphatic heterocycles. The van der Waals surface area contributed by atoms with E-state index in [1.54, 1.807) is 6.20 Å². The molecule has 1 aromatic heterocycles. The van der Waals surface area contributed by atoms with Crippen LogP contribution in [0.2, 0.25) is 0 Å². The van der Waals surface area contributed by atoms with Gasteiger partial charge in [-0.25, -0.2) is 0 Å². The molecule has 0 radical (unpaired) electrons. The van der Waals surface area contributed by atoms with Gasteiger partial charge in [0, 0.05) is 29.6 Å². The van der Waals surface area contributed by atoms with E-state index in [2.05, 4.69) is 20.4 Å². The van der Waals surface area contributed by atoms with Crippen molar-refractivity contribution in [2.45, 2.75) is 37.8 Å². The highest BCUT2D eigenvalue weighted by atomic mass is 16.1. The molecule has 0 saturated carbocycles. The smallest absolute Gasteiger partial charge is 0.251 e. The molecule has 110 valence electrons. The predicted octanol–water partition coefficient (Wildman–Crippen LogP) is 1.92. The molecule has 0 spiro atoms. The zero-order valence-electron chi connectivity index (χ0n) is 12.0. The van der Waals surface area contributed by atoms with Crippen molar-refractivity contribution in [3.05, 3.63) is 30.0 Å². The molecule has 2 N–H and O–H groups in total. The maximum absolute atomic E-state index is 12.4. The van der Waals surface area contributed by atoms with Crippen LogP contribution in [0.5, 0.6) is 0 Å². The maximum Gasteiger partial charge on any atom is 0.251 e. The van der Waals surface area contributed by atoms with E-state index in [0.717, 1.165) is 30.3 Å². The third-order valence-corrected chi connectivity index (χ3v) is 4.86. The SMILES string of the molecule is O=C(NC1CCN2CCCC2C1)c1ccc2cn[nH]c2c1. The molecule has 1 aromatic carbocycles. The summed E-state index contributed by atoms with van der Waals surface area (Å²) in [5.41, 5.74) is 1.62. The predicted molar refractivity (Wildman–Crippen MR) is 81.2 cm³/mol. The van der Waals surface area contributed by atoms with Crippen LogP contribution >= 0.6 is 0 Å². The number of carbonyl (C=O) groups excluding carboxylic acids is 1. The van der Waals surface area contributed by atoms with Gasteiger partial charge in [0.25, 0.3) is 5.91 Å². The topological polar surface area (TPSA) is 61.0 Å². The first-order valence-electron chi connectivity index (χ1n) is 7.77. The third-order valence-electron chi connectivity index (χ3n) is 4.86. The van der Waals surface area contributed by atoms with Gasteiger partial charge in [0.15, 0.2) is 0 Å². The number of amides is 1. The fourth-order valence-electron chi connectivity index (χ4n) is 3.70. The first kappa shape index (κ1) is 12.8. The Labute approximate surface area is 123 Å². The summed E-state index contributed by atoms with van der Waals surface area (Å²) < 4.78 is 0. The van der Waals surface area contributed by atoms with E-state index in [-0.39, 0.29) is 5.91 Å². The monoisotopic (exact) mass is 284 g/mol. The standard InChI is InChI=1S/C16H20N4O/c21-16(11-3-4-12-10-17-19-15(12)8-11)18-13-5-7-20-6-1-2-14(20)9-13/h3-4,8,10,13-14H,1-2,5-7,9H2,(H,17,19)(H,18,21). The number of aromatic nitrogens is 2. The van der Waals surface area contributed by atoms with Crippen molar-refractivity contribution in [1.82, 2.24) is 20.4 Å². The van der Waals surface area contributed by atoms with Crippen LogP contribution in [0.15, 0.2) is 24.4 Å². The number of nitrogens with zero attached hydrogens (tertiary/aromatic N) is 2. The van der Waals surface area contributed by atoms with Gasteiger partial charge in [-0.1, -0.05) is 6.07 Å². The minimum Gasteiger partial charge on any atom is -0.349 e. The zero-order valence-corrected chi connectivity index (χ0v) is 12.0. The van der Waals surface area contributed by atoms with Gasteiger partial charge in [-0.15, -0.1) is 0 Å². The molecule has 4 rings (SSSR count). The van der Waals surface area contributed by atoms with Gasteiger partial charge in [0.2, 0.25) is 0 Å². The number of benzene rings is 1. The fraction of sp³-hybridized carbons (Fsp3) is 0.500. The Morgan fingerprint density at radius 3 is 3.24 bits per heavy atom. The lowest BCUT2D eigenvalue weighted by Crippen LogP contribution is -2.47. The molecule has 2 saturated heterocycles. The summed E-state index contributed by atoms with van der Waals surface area (Å²) in [7, 11) is 0. The number of nitrogens with one attached hydrogen (secondary N) is 2. The van der Waals surface area contributed by atoms with Crippen molar-refractivity contribution in [2.75, 3.05) is 13.1 Å². The Hall–Kier alpha value is -1.88. The Kier molecular flexibility index (Phi) is 3.15. The molecule has 0 bridgehead atoms. The minimum atomic E-state index is 0.0305. The average molecular weight is 284 g/mol. The molecule has 2 fully saturated rings. The van der Waals surface area contributed by atoms with Crippen LogP contribution in [-0.4, -0.2) is 46.2 Å². The number of H-pyrrole nitrogens is 1. The van der Waals surface area contributed by atoms with E-state index in [9.17, 15) is 4.79 Å². The molecule has 2 atom stereocenters. The molecule has 2 unspecified atom stereocenters. The summed E-state index contributed by atoms with van der Waals surface area (Å²) in [6.45, 7) is 2.36. The second-order valence-corrected chi connectivity index (χ2v) is 6.20. The first-order chi connectivity index (χ1) is 10.3. The second-order valence-electron chi connectivity index (χ2n) is 6.20. The van der Waals surface area contributed by atoms with Gasteiger partial charge in [-0.3, -0.25) is 9.89 Å². The van der Waals surface area contributed by atoms with Crippen molar-refractivity contribution >= 4 is 16.8 Å². The lowest BCUT2D eigenvalue weighted by molar-refractivity contribution is 0.0896. The normalized spacial score (nSPS) is 25.9. The minimum absolute atomic E-state index is 0.0305. The molecule has 5 heteroatoms. The highest BCUT2D eigenvalue weighted by Gasteiger charge is 2.32. The van der Waals surface area contributed by atoms with E-state index >= 15 is 0 Å². The van der Waals surface area contributed by atoms with Gasteiger partial charge in [-0.05, 0) is 44.4 Å². The van der Waals surface area contributed by atoms with Crippen molar-refractivity contribution in [3.8, 4) is 0 Å². The van der Waals surface area contributed by atoms with E-state index in [4.69, 9.17) is 0 Å². The van der Waals surface area contributed by atoms with Gasteiger partial charge in [0.05, 0.1) is 11.7 Å². The lowest BCUT2D eigenvalue weighted by atomic mass is 9.97. The molecular weight excluding hydrogens is 264 g/mol. The molecule has 5 nitrogen and oxygen atoms in total. The largest absolute Gasteiger partial charge is 0.349 e. The Balaban J connectivity index is 1.45. The summed E-state index contributed by atoms with van der Waals surface area (Å²) in [6, 6.07) is 6.68. The number of hydrogen-bond acceptors (Lipinski definition) is 3. The van der Waals surface area contributed by atoms with Crippen LogP contribution in [0.25, 0.3) is 10.9 Å². The highest BCUT2D eigenvalue weighted by molar-refractivity contribution is 5.97. The summed E-state index contributed by atoms with van der Waals surface area (Å²) in [5, 5.41) is 11.1. The fourth-order valence-corrected chi connectivity index (χ4v) is 3.70. The number of fused-ring (bicyclic) bond motifs is 2. The average Bonchev–Trinajstić information content (AvgIpc) is 3.14. The first-order valence-corrected chi connectivity index (χ1v) is 7.77. The molecule has 1 amide bonds. The van der Waals surface area contributed by atoms with Crippen LogP contribution in [0.3, 0.4) is 0 Å². The van der Waals surface area contributed by atoms with Crippen LogP contribution in [0.1, 0.15) is 36.0 Å². The molecular formula is C16H20N4O. The quantitative estimate of drug-likeness (QED) is 0.885. The summed E-state index contributed by atoms with van der Waals surface area (Å²) in [6.07, 6.45) is 6.52. The van der Waals surface area contributed by atoms with Crippen LogP contribution in [-0.2, 0) is 0 Å². The van der Waals surface area contributed by atoms with Crippen LogP contribution in [0, 0.1) is 0 Å². The Morgan fingerprint density at radius 2 is 2.29 bits per heavy atom. The molecule has 21 heavy (non-hydrogen) atoms. The van der Waals surface area contributed by atoms with Crippen molar-refractivity contribution in [1.29, 1.82) is 0 Å². The van der Waals surface area contributed by atoms with Crippen LogP contribution < -0.4 is 5.32 Å². The Morgan fingerprint density at radius 1 is 1.33 bits per heavy atom. The number of carbonyl (C=O) groups is 1. The van der Waals surface area contributed by atoms with E-state index in [0.29, 0.717) is 17.6 Å². The number of hydrogen-bond donors (Lipinski definition) is 2. The number of aromatic amines is 1. The summed E-state index contributed by atoms with van der Waals surface area (Å²) >= 11 is 0. The lowest BCUT2D eigenvalue weighted by Gasteiger charge is -2.35. The highest BCUT2D eigenvalue weighted by Crippen LogP contribution is 2.27. The number of piperidine rings is 1. The van der Waals surface area contributed by atoms with Gasteiger partial charge >= 0.3 is 0 Å². The zero-order chi connectivity index (χ0) is 14.2. The van der Waals surface area contributed by atoms with Crippen molar-refractivity contribution in [3.63, 3.8) is 0 Å². The molecule has 2 aliphatic rings. The van der Waals surface area contributed by atoms with Crippen molar-refractivity contribution in [2.24, 2.45) is 0 Å². The van der Waals surface area contributed by atoms with E-state index in [1.165, 1.54) is 19.4 Å². The summed E-state index contributed by atoms with van der Waals surface area (Å²) in [4.78, 5) is 15.0. The van der Waals surface area contributed by atoms with E-state index < -0.39 is 0 Å². The second kappa shape index (κ2) is 5.15. The molecule has 2 aromatic rings. The number of rotatable bonds is 2. The van der Waals surface area contributed by atoms with Gasteiger partial charge in [-0.2, -0.15) is 5.10 Å². The van der Waals surface area contributed by atoms with Gasteiger partial charge < -0.3 is 10.2 Å². The molecule has 3 heterocycles. The maximum atomic E-state index is 12.4. The van der Waals surface area contributed by atoms with Crippen molar-refractivity contribution < 1.29 is 4.79 Å². The Bertz CT molecular complexity index is 665. The molecule has 0 aliphatic carbocycles.